The lowest BCUT2D eigenvalue weighted by Crippen LogP contribution is -2.15. The molecule has 2 aromatic rings. The number of hydrogen-bond acceptors (Lipinski definition) is 8. The molecule has 0 spiro atoms. The molecule has 0 fully saturated rings. The molecular formula is C19H10O13. The van der Waals surface area contributed by atoms with Gasteiger partial charge in [-0.3, -0.25) is 0 Å². The van der Waals surface area contributed by atoms with Crippen molar-refractivity contribution in [2.75, 3.05) is 0 Å². The van der Waals surface area contributed by atoms with Gasteiger partial charge in [0.05, 0.1) is 38.9 Å². The van der Waals surface area contributed by atoms with Gasteiger partial charge in [0.25, 0.3) is 0 Å². The summed E-state index contributed by atoms with van der Waals surface area (Å²) in [6, 6.07) is 4.67. The van der Waals surface area contributed by atoms with Crippen LogP contribution in [0.15, 0.2) is 30.3 Å². The van der Waals surface area contributed by atoms with Gasteiger partial charge in [0, 0.05) is 0 Å². The average molecular weight is 446 g/mol. The lowest BCUT2D eigenvalue weighted by atomic mass is 9.98. The highest BCUT2D eigenvalue weighted by molar-refractivity contribution is 6.15. The molecule has 5 N–H and O–H groups in total. The Kier molecular flexibility index (Phi) is 6.34. The molecule has 0 atom stereocenters. The SMILES string of the molecule is O=C(O)c1cc(C(=O)O)c(C(=O)O)cc1C(=O)O.O=C(O)c1ccc2c(c1)C(=O)OC2=O. The summed E-state index contributed by atoms with van der Waals surface area (Å²) in [5, 5.41) is 43.6. The lowest BCUT2D eigenvalue weighted by Gasteiger charge is -2.06. The van der Waals surface area contributed by atoms with E-state index < -0.39 is 64.0 Å². The summed E-state index contributed by atoms with van der Waals surface area (Å²) < 4.78 is 4.30. The van der Waals surface area contributed by atoms with Crippen LogP contribution in [0.25, 0.3) is 0 Å². The highest BCUT2D eigenvalue weighted by atomic mass is 16.6. The summed E-state index contributed by atoms with van der Waals surface area (Å²) >= 11 is 0. The van der Waals surface area contributed by atoms with E-state index in [0.717, 1.165) is 6.07 Å². The van der Waals surface area contributed by atoms with E-state index >= 15 is 0 Å². The minimum Gasteiger partial charge on any atom is -0.478 e. The molecular weight excluding hydrogens is 436 g/mol. The standard InChI is InChI=1S/C10H6O8.C9H4O5/c11-7(12)3-1-4(8(13)14)6(10(17)18)2-5(3)9(15)16;10-7(11)4-1-2-5-6(3-4)9(13)14-8(5)12/h1-2H,(H,11,12)(H,13,14)(H,15,16)(H,17,18);1-3H,(H,10,11). The Balaban J connectivity index is 0.000000233. The van der Waals surface area contributed by atoms with E-state index in [1.165, 1.54) is 12.1 Å². The Morgan fingerprint density at radius 2 is 0.906 bits per heavy atom. The molecule has 0 aromatic heterocycles. The average Bonchev–Trinajstić information content (AvgIpc) is 3.00. The Morgan fingerprint density at radius 1 is 0.531 bits per heavy atom. The fourth-order valence-corrected chi connectivity index (χ4v) is 2.53. The van der Waals surface area contributed by atoms with Gasteiger partial charge in [-0.05, 0) is 30.3 Å². The number of carbonyl (C=O) groups excluding carboxylic acids is 2. The van der Waals surface area contributed by atoms with E-state index in [1.807, 2.05) is 0 Å². The zero-order valence-electron chi connectivity index (χ0n) is 15.4. The highest BCUT2D eigenvalue weighted by Crippen LogP contribution is 2.21. The molecule has 0 radical (unpaired) electrons. The molecule has 3 rings (SSSR count). The van der Waals surface area contributed by atoms with Crippen molar-refractivity contribution >= 4 is 41.8 Å². The van der Waals surface area contributed by atoms with Gasteiger partial charge >= 0.3 is 41.8 Å². The molecule has 0 saturated heterocycles. The lowest BCUT2D eigenvalue weighted by molar-refractivity contribution is 0.0441. The van der Waals surface area contributed by atoms with Crippen LogP contribution in [0, 0.1) is 0 Å². The third-order valence-corrected chi connectivity index (χ3v) is 3.97. The maximum atomic E-state index is 11.0. The Labute approximate surface area is 175 Å². The fraction of sp³-hybridized carbons (Fsp3) is 0. The highest BCUT2D eigenvalue weighted by Gasteiger charge is 2.30. The summed E-state index contributed by atoms with van der Waals surface area (Å²) in [5.41, 5.74) is -3.07. The van der Waals surface area contributed by atoms with E-state index in [4.69, 9.17) is 25.5 Å². The predicted octanol–water partition coefficient (Wildman–Crippen LogP) is 1.17. The topological polar surface area (TPSA) is 230 Å². The van der Waals surface area contributed by atoms with Gasteiger partial charge in [0.15, 0.2) is 0 Å². The van der Waals surface area contributed by atoms with Crippen LogP contribution in [0.2, 0.25) is 0 Å². The van der Waals surface area contributed by atoms with Crippen LogP contribution < -0.4 is 0 Å². The van der Waals surface area contributed by atoms with Crippen LogP contribution in [0.4, 0.5) is 0 Å². The number of esters is 2. The van der Waals surface area contributed by atoms with Crippen molar-refractivity contribution in [2.45, 2.75) is 0 Å². The van der Waals surface area contributed by atoms with Crippen LogP contribution in [-0.4, -0.2) is 67.3 Å². The van der Waals surface area contributed by atoms with Gasteiger partial charge in [-0.1, -0.05) is 0 Å². The number of aromatic carboxylic acids is 5. The molecule has 13 nitrogen and oxygen atoms in total. The summed E-state index contributed by atoms with van der Waals surface area (Å²) in [4.78, 5) is 75.6. The fourth-order valence-electron chi connectivity index (χ4n) is 2.53. The van der Waals surface area contributed by atoms with Crippen LogP contribution in [0.1, 0.15) is 72.5 Å². The molecule has 2 aromatic carbocycles. The second-order valence-electron chi connectivity index (χ2n) is 5.91. The summed E-state index contributed by atoms with van der Waals surface area (Å²) in [5.74, 6) is -9.33. The Bertz CT molecular complexity index is 1120. The molecule has 1 aliphatic rings. The first-order valence-corrected chi connectivity index (χ1v) is 8.10. The van der Waals surface area contributed by atoms with Crippen molar-refractivity contribution in [3.8, 4) is 0 Å². The number of rotatable bonds is 5. The van der Waals surface area contributed by atoms with Gasteiger partial charge in [0.2, 0.25) is 0 Å². The number of ether oxygens (including phenoxy) is 1. The van der Waals surface area contributed by atoms with Gasteiger partial charge in [-0.25, -0.2) is 33.6 Å². The number of hydrogen-bond donors (Lipinski definition) is 5. The number of carboxylic acid groups (broad SMARTS) is 5. The van der Waals surface area contributed by atoms with E-state index in [-0.39, 0.29) is 16.7 Å². The smallest absolute Gasteiger partial charge is 0.346 e. The number of cyclic esters (lactones) is 2. The monoisotopic (exact) mass is 446 g/mol. The zero-order chi connectivity index (χ0) is 24.3. The first-order valence-electron chi connectivity index (χ1n) is 8.10. The van der Waals surface area contributed by atoms with E-state index in [1.54, 1.807) is 0 Å². The Hall–Kier alpha value is -5.07. The second-order valence-corrected chi connectivity index (χ2v) is 5.91. The number of fused-ring (bicyclic) bond motifs is 1. The molecule has 164 valence electrons. The number of carboxylic acids is 5. The molecule has 0 aliphatic carbocycles. The molecule has 0 unspecified atom stereocenters. The quantitative estimate of drug-likeness (QED) is 0.321. The molecule has 0 amide bonds. The normalized spacial score (nSPS) is 11.5. The van der Waals surface area contributed by atoms with Gasteiger partial charge < -0.3 is 30.3 Å². The van der Waals surface area contributed by atoms with Crippen molar-refractivity contribution in [1.82, 2.24) is 0 Å². The van der Waals surface area contributed by atoms with Gasteiger partial charge in [0.1, 0.15) is 0 Å². The van der Waals surface area contributed by atoms with Gasteiger partial charge in [-0.15, -0.1) is 0 Å². The first kappa shape index (κ1) is 23.2. The third kappa shape index (κ3) is 4.56. The minimum absolute atomic E-state index is 0.00917. The van der Waals surface area contributed by atoms with E-state index in [0.29, 0.717) is 12.1 Å². The maximum Gasteiger partial charge on any atom is 0.346 e. The van der Waals surface area contributed by atoms with Gasteiger partial charge in [-0.2, -0.15) is 0 Å². The first-order chi connectivity index (χ1) is 14.8. The minimum atomic E-state index is -1.66. The van der Waals surface area contributed by atoms with Crippen molar-refractivity contribution in [1.29, 1.82) is 0 Å². The number of benzene rings is 2. The van der Waals surface area contributed by atoms with Crippen LogP contribution in [0.5, 0.6) is 0 Å². The molecule has 1 heterocycles. The summed E-state index contributed by atoms with van der Waals surface area (Å²) in [6.45, 7) is 0. The maximum absolute atomic E-state index is 11.0. The zero-order valence-corrected chi connectivity index (χ0v) is 15.4. The summed E-state index contributed by atoms with van der Waals surface area (Å²) in [7, 11) is 0. The van der Waals surface area contributed by atoms with Crippen LogP contribution in [-0.2, 0) is 4.74 Å². The molecule has 32 heavy (non-hydrogen) atoms. The molecule has 0 bridgehead atoms. The Morgan fingerprint density at radius 3 is 1.25 bits per heavy atom. The van der Waals surface area contributed by atoms with Crippen molar-refractivity contribution in [3.63, 3.8) is 0 Å². The third-order valence-electron chi connectivity index (χ3n) is 3.97. The van der Waals surface area contributed by atoms with Crippen molar-refractivity contribution in [3.05, 3.63) is 69.3 Å². The number of carbonyl (C=O) groups is 7. The van der Waals surface area contributed by atoms with Crippen molar-refractivity contribution in [2.24, 2.45) is 0 Å². The largest absolute Gasteiger partial charge is 0.478 e. The molecule has 13 heteroatoms. The van der Waals surface area contributed by atoms with E-state index in [9.17, 15) is 33.6 Å². The molecule has 1 aliphatic heterocycles. The van der Waals surface area contributed by atoms with Crippen molar-refractivity contribution < 1.29 is 63.8 Å². The summed E-state index contributed by atoms with van der Waals surface area (Å²) in [6.07, 6.45) is 0. The second kappa shape index (κ2) is 8.74. The molecule has 0 saturated carbocycles. The van der Waals surface area contributed by atoms with E-state index in [2.05, 4.69) is 4.74 Å². The van der Waals surface area contributed by atoms with Crippen LogP contribution >= 0.6 is 0 Å². The predicted molar refractivity (Wildman–Crippen MR) is 97.4 cm³/mol. The van der Waals surface area contributed by atoms with Crippen LogP contribution in [0.3, 0.4) is 0 Å².